The van der Waals surface area contributed by atoms with Crippen molar-refractivity contribution in [1.29, 1.82) is 0 Å². The molecule has 1 aromatic rings. The van der Waals surface area contributed by atoms with Crippen LogP contribution in [0.15, 0.2) is 12.4 Å². The first-order valence-corrected chi connectivity index (χ1v) is 3.72. The van der Waals surface area contributed by atoms with Crippen molar-refractivity contribution in [2.24, 2.45) is 0 Å². The Morgan fingerprint density at radius 3 is 2.91 bits per heavy atom. The molecule has 57 valence electrons. The van der Waals surface area contributed by atoms with E-state index in [1.165, 1.54) is 5.56 Å². The number of hydrogen-bond donors (Lipinski definition) is 0. The van der Waals surface area contributed by atoms with Gasteiger partial charge in [-0.05, 0) is 12.0 Å². The average molecular weight is 149 g/mol. The zero-order valence-corrected chi connectivity index (χ0v) is 6.16. The number of aromatic nitrogens is 2. The Hall–Kier alpha value is -0.960. The highest BCUT2D eigenvalue weighted by molar-refractivity contribution is 5.10. The van der Waals surface area contributed by atoms with Crippen molar-refractivity contribution in [3.05, 3.63) is 24.3 Å². The minimum absolute atomic E-state index is 0.504. The van der Waals surface area contributed by atoms with E-state index in [0.717, 1.165) is 19.6 Å². The summed E-state index contributed by atoms with van der Waals surface area (Å²) in [6.07, 6.45) is 7.23. The Morgan fingerprint density at radius 2 is 2.27 bits per heavy atom. The van der Waals surface area contributed by atoms with Crippen molar-refractivity contribution in [1.82, 2.24) is 9.97 Å². The third-order valence-corrected chi connectivity index (χ3v) is 1.94. The highest BCUT2D eigenvalue weighted by atomic mass is 16.5. The maximum Gasteiger partial charge on any atom is 0.197 e. The highest BCUT2D eigenvalue weighted by Crippen LogP contribution is 2.22. The molecule has 1 aromatic heterocycles. The molecule has 1 aliphatic heterocycles. The molecule has 0 spiro atoms. The maximum absolute atomic E-state index is 5.25. The molecule has 0 aromatic carbocycles. The van der Waals surface area contributed by atoms with Crippen molar-refractivity contribution in [2.75, 3.05) is 13.2 Å². The SMILES string of the molecule is [c]1ncc(C2CCOC2)cn1. The normalized spacial score (nSPS) is 23.8. The second-order valence-corrected chi connectivity index (χ2v) is 2.68. The van der Waals surface area contributed by atoms with Crippen LogP contribution in [0.1, 0.15) is 17.9 Å². The zero-order valence-electron chi connectivity index (χ0n) is 6.16. The molecule has 1 radical (unpaired) electrons. The summed E-state index contributed by atoms with van der Waals surface area (Å²) in [5, 5.41) is 0. The van der Waals surface area contributed by atoms with Crippen LogP contribution in [-0.2, 0) is 4.74 Å². The molecule has 2 heterocycles. The first kappa shape index (κ1) is 6.73. The van der Waals surface area contributed by atoms with Gasteiger partial charge in [-0.2, -0.15) is 0 Å². The predicted octanol–water partition coefficient (Wildman–Crippen LogP) is 0.781. The highest BCUT2D eigenvalue weighted by Gasteiger charge is 2.17. The van der Waals surface area contributed by atoms with Gasteiger partial charge >= 0.3 is 0 Å². The minimum Gasteiger partial charge on any atom is -0.381 e. The fourth-order valence-corrected chi connectivity index (χ4v) is 1.28. The van der Waals surface area contributed by atoms with Crippen LogP contribution >= 0.6 is 0 Å². The van der Waals surface area contributed by atoms with Crippen molar-refractivity contribution >= 4 is 0 Å². The van der Waals surface area contributed by atoms with E-state index in [-0.39, 0.29) is 0 Å². The molecule has 1 atom stereocenters. The quantitative estimate of drug-likeness (QED) is 0.592. The van der Waals surface area contributed by atoms with Gasteiger partial charge in [-0.1, -0.05) is 0 Å². The summed E-state index contributed by atoms with van der Waals surface area (Å²) in [5.74, 6) is 0.504. The molecule has 1 fully saturated rings. The van der Waals surface area contributed by atoms with Crippen LogP contribution < -0.4 is 0 Å². The topological polar surface area (TPSA) is 35.0 Å². The third-order valence-electron chi connectivity index (χ3n) is 1.94. The summed E-state index contributed by atoms with van der Waals surface area (Å²) in [6, 6.07) is 0. The predicted molar refractivity (Wildman–Crippen MR) is 39.0 cm³/mol. The molecule has 0 aliphatic carbocycles. The first-order valence-electron chi connectivity index (χ1n) is 3.72. The van der Waals surface area contributed by atoms with E-state index in [9.17, 15) is 0 Å². The second-order valence-electron chi connectivity index (χ2n) is 2.68. The first-order chi connectivity index (χ1) is 5.47. The number of hydrogen-bond acceptors (Lipinski definition) is 3. The molecule has 0 N–H and O–H groups in total. The standard InChI is InChI=1S/C8H9N2O/c1-2-11-5-7(1)8-3-9-6-10-4-8/h3-4,7H,1-2,5H2. The van der Waals surface area contributed by atoms with Gasteiger partial charge in [0.25, 0.3) is 0 Å². The van der Waals surface area contributed by atoms with Crippen LogP contribution in [0.25, 0.3) is 0 Å². The molecule has 0 saturated carbocycles. The largest absolute Gasteiger partial charge is 0.381 e. The van der Waals surface area contributed by atoms with Crippen molar-refractivity contribution in [2.45, 2.75) is 12.3 Å². The summed E-state index contributed by atoms with van der Waals surface area (Å²) < 4.78 is 5.25. The number of nitrogens with zero attached hydrogens (tertiary/aromatic N) is 2. The molecule has 1 aliphatic rings. The molecule has 2 rings (SSSR count). The molecular formula is C8H9N2O. The van der Waals surface area contributed by atoms with Gasteiger partial charge in [-0.15, -0.1) is 0 Å². The second kappa shape index (κ2) is 2.96. The Morgan fingerprint density at radius 1 is 1.45 bits per heavy atom. The number of ether oxygens (including phenoxy) is 1. The molecule has 1 unspecified atom stereocenters. The average Bonchev–Trinajstić information content (AvgIpc) is 2.58. The van der Waals surface area contributed by atoms with Crippen molar-refractivity contribution < 1.29 is 4.74 Å². The molecular weight excluding hydrogens is 140 g/mol. The minimum atomic E-state index is 0.504. The molecule has 0 bridgehead atoms. The van der Waals surface area contributed by atoms with Gasteiger partial charge in [0, 0.05) is 24.9 Å². The van der Waals surface area contributed by atoms with Crippen LogP contribution in [0.2, 0.25) is 0 Å². The Bertz CT molecular complexity index is 219. The smallest absolute Gasteiger partial charge is 0.197 e. The van der Waals surface area contributed by atoms with E-state index in [2.05, 4.69) is 16.3 Å². The lowest BCUT2D eigenvalue weighted by Gasteiger charge is -2.03. The summed E-state index contributed by atoms with van der Waals surface area (Å²) in [7, 11) is 0. The van der Waals surface area contributed by atoms with E-state index >= 15 is 0 Å². The van der Waals surface area contributed by atoms with Crippen LogP contribution in [0.3, 0.4) is 0 Å². The fraction of sp³-hybridized carbons (Fsp3) is 0.500. The van der Waals surface area contributed by atoms with E-state index < -0.39 is 0 Å². The van der Waals surface area contributed by atoms with E-state index in [1.54, 1.807) is 0 Å². The lowest BCUT2D eigenvalue weighted by Crippen LogP contribution is -1.98. The summed E-state index contributed by atoms with van der Waals surface area (Å²) in [4.78, 5) is 7.68. The van der Waals surface area contributed by atoms with Crippen molar-refractivity contribution in [3.63, 3.8) is 0 Å². The molecule has 3 heteroatoms. The Balaban J connectivity index is 2.16. The van der Waals surface area contributed by atoms with E-state index in [0.29, 0.717) is 5.92 Å². The number of rotatable bonds is 1. The zero-order chi connectivity index (χ0) is 7.52. The van der Waals surface area contributed by atoms with E-state index in [4.69, 9.17) is 4.74 Å². The lowest BCUT2D eigenvalue weighted by molar-refractivity contribution is 0.194. The van der Waals surface area contributed by atoms with Gasteiger partial charge in [-0.25, -0.2) is 9.97 Å². The van der Waals surface area contributed by atoms with Crippen molar-refractivity contribution in [3.8, 4) is 0 Å². The summed E-state index contributed by atoms with van der Waals surface area (Å²) >= 11 is 0. The molecule has 3 nitrogen and oxygen atoms in total. The van der Waals surface area contributed by atoms with Crippen LogP contribution in [0.4, 0.5) is 0 Å². The fourth-order valence-electron chi connectivity index (χ4n) is 1.28. The monoisotopic (exact) mass is 149 g/mol. The summed E-state index contributed by atoms with van der Waals surface area (Å²) in [5.41, 5.74) is 1.17. The van der Waals surface area contributed by atoms with Gasteiger partial charge < -0.3 is 4.74 Å². The lowest BCUT2D eigenvalue weighted by atomic mass is 10.0. The molecule has 11 heavy (non-hydrogen) atoms. The molecule has 0 amide bonds. The van der Waals surface area contributed by atoms with Crippen LogP contribution in [-0.4, -0.2) is 23.2 Å². The summed E-state index contributed by atoms with van der Waals surface area (Å²) in [6.45, 7) is 1.68. The van der Waals surface area contributed by atoms with Gasteiger partial charge in [0.2, 0.25) is 0 Å². The Labute approximate surface area is 65.4 Å². The van der Waals surface area contributed by atoms with Gasteiger partial charge in [0.1, 0.15) is 0 Å². The maximum atomic E-state index is 5.25. The van der Waals surface area contributed by atoms with Gasteiger partial charge in [0.05, 0.1) is 6.61 Å². The van der Waals surface area contributed by atoms with Gasteiger partial charge in [-0.3, -0.25) is 0 Å². The van der Waals surface area contributed by atoms with Gasteiger partial charge in [0.15, 0.2) is 6.33 Å². The third kappa shape index (κ3) is 1.38. The Kier molecular flexibility index (Phi) is 1.81. The van der Waals surface area contributed by atoms with Crippen LogP contribution in [0, 0.1) is 6.33 Å². The van der Waals surface area contributed by atoms with E-state index in [1.807, 2.05) is 12.4 Å². The van der Waals surface area contributed by atoms with Crippen LogP contribution in [0.5, 0.6) is 0 Å². The molecule has 1 saturated heterocycles.